The van der Waals surface area contributed by atoms with E-state index >= 15 is 0 Å². The van der Waals surface area contributed by atoms with Crippen LogP contribution in [0.15, 0.2) is 66.7 Å². The summed E-state index contributed by atoms with van der Waals surface area (Å²) in [4.78, 5) is 23.2. The van der Waals surface area contributed by atoms with Crippen molar-refractivity contribution in [2.75, 3.05) is 0 Å². The quantitative estimate of drug-likeness (QED) is 0.378. The van der Waals surface area contributed by atoms with E-state index in [1.54, 1.807) is 43.4 Å². The van der Waals surface area contributed by atoms with Gasteiger partial charge in [-0.1, -0.05) is 30.3 Å². The van der Waals surface area contributed by atoms with Crippen molar-refractivity contribution in [3.63, 3.8) is 0 Å². The van der Waals surface area contributed by atoms with Gasteiger partial charge >= 0.3 is 0 Å². The number of non-ortho nitro benzene ring substituents is 1. The van der Waals surface area contributed by atoms with Crippen LogP contribution in [0.5, 0.6) is 0 Å². The molecule has 0 fully saturated rings. The average Bonchev–Trinajstić information content (AvgIpc) is 3.08. The van der Waals surface area contributed by atoms with Crippen molar-refractivity contribution in [3.05, 3.63) is 99.4 Å². The Labute approximate surface area is 167 Å². The van der Waals surface area contributed by atoms with Crippen molar-refractivity contribution in [2.24, 2.45) is 12.2 Å². The Morgan fingerprint density at radius 1 is 1.03 bits per heavy atom. The molecule has 0 radical (unpaired) electrons. The minimum absolute atomic E-state index is 0.125. The van der Waals surface area contributed by atoms with Crippen LogP contribution < -0.4 is 5.14 Å². The van der Waals surface area contributed by atoms with Crippen molar-refractivity contribution < 1.29 is 18.1 Å². The molecular formula is C20H19N3O5S. The Hall–Kier alpha value is -3.30. The van der Waals surface area contributed by atoms with Crippen LogP contribution in [0.3, 0.4) is 0 Å². The van der Waals surface area contributed by atoms with Gasteiger partial charge in [0.15, 0.2) is 0 Å². The molecule has 1 heterocycles. The van der Waals surface area contributed by atoms with Gasteiger partial charge in [-0.2, -0.15) is 0 Å². The minimum Gasteiger partial charge on any atom is -0.343 e. The van der Waals surface area contributed by atoms with Crippen molar-refractivity contribution in [2.45, 2.75) is 11.7 Å². The van der Waals surface area contributed by atoms with Crippen molar-refractivity contribution >= 4 is 21.5 Å². The number of benzene rings is 2. The highest BCUT2D eigenvalue weighted by Crippen LogP contribution is 2.36. The van der Waals surface area contributed by atoms with Gasteiger partial charge in [-0.25, -0.2) is 13.6 Å². The number of nitro benzene ring substituents is 1. The molecule has 9 heteroatoms. The first kappa shape index (κ1) is 20.4. The lowest BCUT2D eigenvalue weighted by atomic mass is 9.96. The second-order valence-electron chi connectivity index (χ2n) is 6.74. The summed E-state index contributed by atoms with van der Waals surface area (Å²) >= 11 is 0. The van der Waals surface area contributed by atoms with Crippen molar-refractivity contribution in [1.29, 1.82) is 0 Å². The summed E-state index contributed by atoms with van der Waals surface area (Å²) < 4.78 is 25.1. The summed E-state index contributed by atoms with van der Waals surface area (Å²) in [5, 5.41) is 16.4. The topological polar surface area (TPSA) is 125 Å². The number of aromatic nitrogens is 1. The summed E-state index contributed by atoms with van der Waals surface area (Å²) in [6.07, 6.45) is 0. The van der Waals surface area contributed by atoms with Crippen LogP contribution >= 0.6 is 0 Å². The lowest BCUT2D eigenvalue weighted by molar-refractivity contribution is -0.384. The predicted molar refractivity (Wildman–Crippen MR) is 108 cm³/mol. The number of nitro groups is 1. The highest BCUT2D eigenvalue weighted by atomic mass is 32.2. The Bertz CT molecular complexity index is 1180. The fourth-order valence-electron chi connectivity index (χ4n) is 3.31. The predicted octanol–water partition coefficient (Wildman–Crippen LogP) is 2.72. The Balaban J connectivity index is 2.10. The molecule has 8 nitrogen and oxygen atoms in total. The number of carbonyl (C=O) groups excluding carboxylic acids is 1. The van der Waals surface area contributed by atoms with E-state index in [1.807, 2.05) is 0 Å². The van der Waals surface area contributed by atoms with Crippen LogP contribution in [-0.4, -0.2) is 23.7 Å². The molecule has 0 saturated carbocycles. The van der Waals surface area contributed by atoms with Gasteiger partial charge in [-0.05, 0) is 36.8 Å². The molecule has 1 atom stereocenters. The van der Waals surface area contributed by atoms with Gasteiger partial charge in [0, 0.05) is 30.4 Å². The highest BCUT2D eigenvalue weighted by Gasteiger charge is 2.43. The number of nitrogens with two attached hydrogens (primary N) is 1. The Morgan fingerprint density at radius 3 is 2.14 bits per heavy atom. The fourth-order valence-corrected chi connectivity index (χ4v) is 4.28. The number of rotatable bonds is 6. The molecule has 150 valence electrons. The maximum atomic E-state index is 12.9. The molecule has 2 aromatic carbocycles. The molecule has 0 aliphatic carbocycles. The first-order valence-electron chi connectivity index (χ1n) is 8.60. The van der Waals surface area contributed by atoms with E-state index in [-0.39, 0.29) is 16.9 Å². The monoisotopic (exact) mass is 413 g/mol. The molecule has 3 rings (SSSR count). The second kappa shape index (κ2) is 7.26. The number of hydrogen-bond donors (Lipinski definition) is 1. The minimum atomic E-state index is -4.09. The van der Waals surface area contributed by atoms with E-state index < -0.39 is 25.5 Å². The molecule has 1 unspecified atom stereocenters. The van der Waals surface area contributed by atoms with Gasteiger partial charge in [0.2, 0.25) is 15.8 Å². The van der Waals surface area contributed by atoms with Crippen LogP contribution in [-0.2, 0) is 21.8 Å². The van der Waals surface area contributed by atoms with E-state index in [0.717, 1.165) is 0 Å². The van der Waals surface area contributed by atoms with E-state index in [0.29, 0.717) is 11.3 Å². The molecule has 29 heavy (non-hydrogen) atoms. The first-order valence-corrected chi connectivity index (χ1v) is 10.1. The van der Waals surface area contributed by atoms with E-state index in [9.17, 15) is 23.3 Å². The molecule has 2 N–H and O–H groups in total. The molecule has 0 aliphatic rings. The summed E-state index contributed by atoms with van der Waals surface area (Å²) in [6.45, 7) is 1.49. The zero-order valence-electron chi connectivity index (χ0n) is 15.8. The van der Waals surface area contributed by atoms with Crippen LogP contribution in [0.2, 0.25) is 0 Å². The largest absolute Gasteiger partial charge is 0.343 e. The third kappa shape index (κ3) is 3.45. The Morgan fingerprint density at radius 2 is 1.62 bits per heavy atom. The zero-order valence-corrected chi connectivity index (χ0v) is 16.6. The van der Waals surface area contributed by atoms with Crippen LogP contribution in [0.25, 0.3) is 0 Å². The smallest absolute Gasteiger partial charge is 0.269 e. The van der Waals surface area contributed by atoms with Gasteiger partial charge in [0.05, 0.1) is 10.6 Å². The number of nitrogens with zero attached hydrogens (tertiary/aromatic N) is 2. The third-order valence-corrected chi connectivity index (χ3v) is 6.66. The fraction of sp³-hybridized carbons (Fsp3) is 0.150. The number of ketones is 1. The summed E-state index contributed by atoms with van der Waals surface area (Å²) in [5.74, 6) is -0.390. The Kier molecular flexibility index (Phi) is 5.12. The number of primary sulfonamides is 1. The molecule has 0 bridgehead atoms. The zero-order chi connectivity index (χ0) is 21.4. The molecule has 1 aromatic heterocycles. The normalized spacial score (nSPS) is 13.6. The maximum Gasteiger partial charge on any atom is 0.269 e. The van der Waals surface area contributed by atoms with Crippen LogP contribution in [0, 0.1) is 10.1 Å². The SMILES string of the molecule is Cn1c(C(=O)c2ccc([N+](=O)[O-])cc2)ccc1C(C)(c1ccccc1)S(N)(=O)=O. The van der Waals surface area contributed by atoms with Crippen LogP contribution in [0.1, 0.15) is 34.2 Å². The van der Waals surface area contributed by atoms with Crippen molar-refractivity contribution in [1.82, 2.24) is 4.57 Å². The summed E-state index contributed by atoms with van der Waals surface area (Å²) in [5.41, 5.74) is 1.16. The second-order valence-corrected chi connectivity index (χ2v) is 8.65. The number of carbonyl (C=O) groups is 1. The lowest BCUT2D eigenvalue weighted by Gasteiger charge is -2.29. The molecule has 0 amide bonds. The highest BCUT2D eigenvalue weighted by molar-refractivity contribution is 7.90. The van der Waals surface area contributed by atoms with Crippen molar-refractivity contribution in [3.8, 4) is 0 Å². The van der Waals surface area contributed by atoms with E-state index in [4.69, 9.17) is 5.14 Å². The van der Waals surface area contributed by atoms with Gasteiger partial charge in [-0.15, -0.1) is 0 Å². The van der Waals surface area contributed by atoms with Gasteiger partial charge in [0.25, 0.3) is 5.69 Å². The molecular weight excluding hydrogens is 394 g/mol. The van der Waals surface area contributed by atoms with E-state index in [2.05, 4.69) is 0 Å². The van der Waals surface area contributed by atoms with Gasteiger partial charge in [0.1, 0.15) is 4.75 Å². The average molecular weight is 413 g/mol. The van der Waals surface area contributed by atoms with Gasteiger partial charge < -0.3 is 4.57 Å². The van der Waals surface area contributed by atoms with Gasteiger partial charge in [-0.3, -0.25) is 14.9 Å². The third-order valence-electron chi connectivity index (χ3n) is 5.08. The van der Waals surface area contributed by atoms with E-state index in [1.165, 1.54) is 41.8 Å². The van der Waals surface area contributed by atoms with Crippen LogP contribution in [0.4, 0.5) is 5.69 Å². The molecule has 0 saturated heterocycles. The summed E-state index contributed by atoms with van der Waals surface area (Å²) in [6, 6.07) is 16.8. The maximum absolute atomic E-state index is 12.9. The summed E-state index contributed by atoms with van der Waals surface area (Å²) in [7, 11) is -2.51. The molecule has 0 aliphatic heterocycles. The molecule has 3 aromatic rings. The lowest BCUT2D eigenvalue weighted by Crippen LogP contribution is -2.40. The number of hydrogen-bond acceptors (Lipinski definition) is 5. The first-order chi connectivity index (χ1) is 13.6. The number of sulfonamides is 1. The standard InChI is InChI=1S/C20H19N3O5S/c1-20(29(21,27)28,15-6-4-3-5-7-15)18-13-12-17(22(18)2)19(24)14-8-10-16(11-9-14)23(25)26/h3-13H,1-2H3,(H2,21,27,28). The molecule has 0 spiro atoms.